The maximum absolute atomic E-state index is 12.9. The first kappa shape index (κ1) is 18.3. The summed E-state index contributed by atoms with van der Waals surface area (Å²) in [4.78, 5) is 26.2. The predicted molar refractivity (Wildman–Crippen MR) is 89.6 cm³/mol. The van der Waals surface area contributed by atoms with Crippen LogP contribution in [0.3, 0.4) is 0 Å². The topological polar surface area (TPSA) is 76.1 Å². The van der Waals surface area contributed by atoms with Crippen molar-refractivity contribution in [1.29, 1.82) is 0 Å². The molecule has 1 fully saturated rings. The van der Waals surface area contributed by atoms with Crippen molar-refractivity contribution in [3.8, 4) is 5.75 Å². The number of methoxy groups -OCH3 is 2. The van der Waals surface area contributed by atoms with E-state index in [2.05, 4.69) is 0 Å². The minimum absolute atomic E-state index is 0.104. The molecule has 1 amide bonds. The zero-order chi connectivity index (χ0) is 17.9. The lowest BCUT2D eigenvalue weighted by Crippen LogP contribution is -2.52. The van der Waals surface area contributed by atoms with E-state index in [1.54, 1.807) is 24.1 Å². The second-order valence-electron chi connectivity index (χ2n) is 6.49. The van der Waals surface area contributed by atoms with Crippen LogP contribution in [0.2, 0.25) is 0 Å². The molecular formula is C18H25NO5. The molecule has 1 heterocycles. The number of carboxylic acid groups (broad SMARTS) is 1. The van der Waals surface area contributed by atoms with Gasteiger partial charge in [0.05, 0.1) is 13.7 Å². The molecule has 1 aromatic rings. The van der Waals surface area contributed by atoms with Crippen molar-refractivity contribution in [3.63, 3.8) is 0 Å². The summed E-state index contributed by atoms with van der Waals surface area (Å²) < 4.78 is 10.4. The number of aryl methyl sites for hydroxylation is 2. The second kappa shape index (κ2) is 7.21. The molecule has 2 rings (SSSR count). The fourth-order valence-electron chi connectivity index (χ4n) is 3.51. The first-order valence-electron chi connectivity index (χ1n) is 8.01. The van der Waals surface area contributed by atoms with E-state index in [1.165, 1.54) is 7.11 Å². The Kier molecular flexibility index (Phi) is 5.49. The van der Waals surface area contributed by atoms with E-state index in [9.17, 15) is 14.7 Å². The number of carbonyl (C=O) groups is 2. The van der Waals surface area contributed by atoms with Gasteiger partial charge in [-0.15, -0.1) is 0 Å². The molecule has 0 radical (unpaired) electrons. The van der Waals surface area contributed by atoms with Gasteiger partial charge in [-0.2, -0.15) is 0 Å². The van der Waals surface area contributed by atoms with Gasteiger partial charge in [0.15, 0.2) is 0 Å². The van der Waals surface area contributed by atoms with Crippen LogP contribution in [-0.4, -0.2) is 55.8 Å². The van der Waals surface area contributed by atoms with Crippen molar-refractivity contribution in [3.05, 3.63) is 28.8 Å². The Morgan fingerprint density at radius 1 is 1.25 bits per heavy atom. The number of piperidine rings is 1. The van der Waals surface area contributed by atoms with Crippen LogP contribution >= 0.6 is 0 Å². The smallest absolute Gasteiger partial charge is 0.313 e. The van der Waals surface area contributed by atoms with Gasteiger partial charge in [0.25, 0.3) is 5.91 Å². The Morgan fingerprint density at radius 3 is 2.38 bits per heavy atom. The predicted octanol–water partition coefficient (Wildman–Crippen LogP) is 2.27. The van der Waals surface area contributed by atoms with Crippen LogP contribution in [0.4, 0.5) is 0 Å². The third kappa shape index (κ3) is 3.38. The van der Waals surface area contributed by atoms with Gasteiger partial charge >= 0.3 is 5.97 Å². The van der Waals surface area contributed by atoms with Crippen molar-refractivity contribution in [1.82, 2.24) is 4.90 Å². The van der Waals surface area contributed by atoms with E-state index >= 15 is 0 Å². The zero-order valence-corrected chi connectivity index (χ0v) is 14.7. The summed E-state index contributed by atoms with van der Waals surface area (Å²) in [5.41, 5.74) is 1.31. The van der Waals surface area contributed by atoms with E-state index < -0.39 is 11.4 Å². The zero-order valence-electron chi connectivity index (χ0n) is 14.7. The van der Waals surface area contributed by atoms with Gasteiger partial charge in [-0.3, -0.25) is 9.59 Å². The van der Waals surface area contributed by atoms with E-state index in [0.717, 1.165) is 16.9 Å². The van der Waals surface area contributed by atoms with Crippen LogP contribution in [-0.2, 0) is 9.53 Å². The largest absolute Gasteiger partial charge is 0.496 e. The first-order chi connectivity index (χ1) is 11.3. The van der Waals surface area contributed by atoms with Crippen molar-refractivity contribution >= 4 is 11.9 Å². The third-order valence-electron chi connectivity index (χ3n) is 4.65. The van der Waals surface area contributed by atoms with Crippen molar-refractivity contribution in [2.45, 2.75) is 26.7 Å². The monoisotopic (exact) mass is 335 g/mol. The highest BCUT2D eigenvalue weighted by atomic mass is 16.5. The minimum Gasteiger partial charge on any atom is -0.496 e. The lowest BCUT2D eigenvalue weighted by Gasteiger charge is -2.39. The van der Waals surface area contributed by atoms with E-state index in [-0.39, 0.29) is 19.1 Å². The summed E-state index contributed by atoms with van der Waals surface area (Å²) >= 11 is 0. The van der Waals surface area contributed by atoms with Gasteiger partial charge in [0.1, 0.15) is 11.2 Å². The van der Waals surface area contributed by atoms with Gasteiger partial charge in [-0.25, -0.2) is 0 Å². The highest BCUT2D eigenvalue weighted by Crippen LogP contribution is 2.32. The van der Waals surface area contributed by atoms with Crippen LogP contribution in [0, 0.1) is 19.3 Å². The summed E-state index contributed by atoms with van der Waals surface area (Å²) in [6, 6.07) is 3.59. The summed E-state index contributed by atoms with van der Waals surface area (Å²) in [5, 5.41) is 9.61. The maximum Gasteiger partial charge on any atom is 0.313 e. The lowest BCUT2D eigenvalue weighted by molar-refractivity contribution is -0.155. The van der Waals surface area contributed by atoms with Gasteiger partial charge in [-0.1, -0.05) is 0 Å². The Balaban J connectivity index is 2.28. The molecule has 0 saturated carbocycles. The SMILES string of the molecule is COC[C@@]1(C(=O)O)CCCN(C(=O)c2cc(C)c(OC)c(C)c2)C1. The molecule has 132 valence electrons. The molecule has 0 aliphatic carbocycles. The highest BCUT2D eigenvalue weighted by Gasteiger charge is 2.44. The molecule has 0 unspecified atom stereocenters. The number of benzene rings is 1. The van der Waals surface area contributed by atoms with Gasteiger partial charge in [0, 0.05) is 25.8 Å². The molecule has 24 heavy (non-hydrogen) atoms. The van der Waals surface area contributed by atoms with E-state index in [1.807, 2.05) is 13.8 Å². The van der Waals surface area contributed by atoms with Gasteiger partial charge in [-0.05, 0) is 49.9 Å². The average Bonchev–Trinajstić information content (AvgIpc) is 2.54. The van der Waals surface area contributed by atoms with Crippen LogP contribution < -0.4 is 4.74 Å². The van der Waals surface area contributed by atoms with Crippen molar-refractivity contribution in [2.24, 2.45) is 5.41 Å². The molecular weight excluding hydrogens is 310 g/mol. The summed E-state index contributed by atoms with van der Waals surface area (Å²) in [7, 11) is 3.09. The van der Waals surface area contributed by atoms with E-state index in [0.29, 0.717) is 24.9 Å². The number of ether oxygens (including phenoxy) is 2. The molecule has 1 N–H and O–H groups in total. The Labute approximate surface area is 142 Å². The number of carbonyl (C=O) groups excluding carboxylic acids is 1. The summed E-state index contributed by atoms with van der Waals surface area (Å²) in [6.45, 7) is 4.62. The molecule has 0 spiro atoms. The van der Waals surface area contributed by atoms with Gasteiger partial charge in [0.2, 0.25) is 0 Å². The first-order valence-corrected chi connectivity index (χ1v) is 8.01. The van der Waals surface area contributed by atoms with Crippen LogP contribution in [0.5, 0.6) is 5.75 Å². The van der Waals surface area contributed by atoms with Crippen LogP contribution in [0.1, 0.15) is 34.3 Å². The molecule has 1 saturated heterocycles. The second-order valence-corrected chi connectivity index (χ2v) is 6.49. The maximum atomic E-state index is 12.9. The molecule has 6 nitrogen and oxygen atoms in total. The lowest BCUT2D eigenvalue weighted by atomic mass is 9.80. The Bertz CT molecular complexity index is 615. The quantitative estimate of drug-likeness (QED) is 0.893. The summed E-state index contributed by atoms with van der Waals surface area (Å²) in [6.07, 6.45) is 1.16. The normalized spacial score (nSPS) is 20.8. The Morgan fingerprint density at radius 2 is 1.88 bits per heavy atom. The number of amides is 1. The molecule has 1 atom stereocenters. The molecule has 0 bridgehead atoms. The number of nitrogens with zero attached hydrogens (tertiary/aromatic N) is 1. The third-order valence-corrected chi connectivity index (χ3v) is 4.65. The molecule has 1 aliphatic heterocycles. The van der Waals surface area contributed by atoms with Crippen molar-refractivity contribution < 1.29 is 24.2 Å². The number of carboxylic acids is 1. The number of rotatable bonds is 5. The fraction of sp³-hybridized carbons (Fsp3) is 0.556. The molecule has 1 aliphatic rings. The molecule has 6 heteroatoms. The minimum atomic E-state index is -1.03. The number of hydrogen-bond acceptors (Lipinski definition) is 4. The number of hydrogen-bond donors (Lipinski definition) is 1. The molecule has 1 aromatic carbocycles. The van der Waals surface area contributed by atoms with Crippen LogP contribution in [0.25, 0.3) is 0 Å². The van der Waals surface area contributed by atoms with E-state index in [4.69, 9.17) is 9.47 Å². The summed E-state index contributed by atoms with van der Waals surface area (Å²) in [5.74, 6) is -0.293. The van der Waals surface area contributed by atoms with Gasteiger partial charge < -0.3 is 19.5 Å². The fourth-order valence-corrected chi connectivity index (χ4v) is 3.51. The number of likely N-dealkylation sites (tertiary alicyclic amines) is 1. The highest BCUT2D eigenvalue weighted by molar-refractivity contribution is 5.95. The average molecular weight is 335 g/mol. The Hall–Kier alpha value is -2.08. The number of aliphatic carboxylic acids is 1. The standard InChI is InChI=1S/C18H25NO5/c1-12-8-14(9-13(2)15(12)24-4)16(20)19-7-5-6-18(10-19,11-23-3)17(21)22/h8-9H,5-7,10-11H2,1-4H3,(H,21,22)/t18-/m1/s1. The van der Waals surface area contributed by atoms with Crippen LogP contribution in [0.15, 0.2) is 12.1 Å². The molecule has 0 aromatic heterocycles. The van der Waals surface area contributed by atoms with Crippen molar-refractivity contribution in [2.75, 3.05) is 33.9 Å².